The third-order valence-electron chi connectivity index (χ3n) is 6.19. The molecule has 4 rings (SSSR count). The van der Waals surface area contributed by atoms with Crippen molar-refractivity contribution < 1.29 is 27.5 Å². The number of aromatic nitrogens is 1. The average molecular weight is 573 g/mol. The van der Waals surface area contributed by atoms with Crippen LogP contribution in [0, 0.1) is 0 Å². The predicted octanol–water partition coefficient (Wildman–Crippen LogP) is 6.41. The maximum absolute atomic E-state index is 13.1. The van der Waals surface area contributed by atoms with Gasteiger partial charge in [0.05, 0.1) is 10.6 Å². The van der Waals surface area contributed by atoms with E-state index in [0.717, 1.165) is 31.8 Å². The molecule has 2 heterocycles. The third kappa shape index (κ3) is 8.56. The second-order valence-corrected chi connectivity index (χ2v) is 9.63. The van der Waals surface area contributed by atoms with Gasteiger partial charge in [-0.3, -0.25) is 14.6 Å². The van der Waals surface area contributed by atoms with Crippen LogP contribution in [0.1, 0.15) is 40.9 Å². The van der Waals surface area contributed by atoms with Crippen molar-refractivity contribution in [1.29, 1.82) is 0 Å². The zero-order chi connectivity index (χ0) is 28.5. The quantitative estimate of drug-likeness (QED) is 0.289. The Bertz CT molecular complexity index is 1370. The van der Waals surface area contributed by atoms with Crippen molar-refractivity contribution in [3.63, 3.8) is 0 Å². The van der Waals surface area contributed by atoms with Crippen molar-refractivity contribution >= 4 is 35.2 Å². The van der Waals surface area contributed by atoms with Gasteiger partial charge in [-0.15, -0.1) is 0 Å². The highest BCUT2D eigenvalue weighted by Crippen LogP contribution is 2.36. The van der Waals surface area contributed by atoms with E-state index in [0.29, 0.717) is 23.6 Å². The summed E-state index contributed by atoms with van der Waals surface area (Å²) in [5.74, 6) is -0.0314. The Morgan fingerprint density at radius 3 is 2.58 bits per heavy atom. The van der Waals surface area contributed by atoms with Crippen LogP contribution in [0.15, 0.2) is 66.9 Å². The molecule has 2 N–H and O–H groups in total. The van der Waals surface area contributed by atoms with Gasteiger partial charge in [-0.2, -0.15) is 13.2 Å². The summed E-state index contributed by atoms with van der Waals surface area (Å²) in [6.07, 6.45) is 3.18. The van der Waals surface area contributed by atoms with Gasteiger partial charge in [0.15, 0.2) is 0 Å². The molecule has 0 unspecified atom stereocenters. The standard InChI is InChI=1S/C29H28ClF3N4O3/c30-25-9-8-21(18-24(25)29(31,32)33)36-27(38)10-7-20-5-4-6-22(17-20)40-23-11-12-34-26(19-23)28(39)35-13-16-37-14-2-1-3-15-37/h4-12,17-19H,1-3,13-16H2,(H,35,39)(H,36,38)/b10-7+. The minimum absolute atomic E-state index is 0.0347. The number of hydrogen-bond acceptors (Lipinski definition) is 5. The molecule has 0 saturated carbocycles. The maximum atomic E-state index is 13.1. The molecule has 0 atom stereocenters. The topological polar surface area (TPSA) is 83.6 Å². The molecule has 1 saturated heterocycles. The van der Waals surface area contributed by atoms with E-state index in [9.17, 15) is 22.8 Å². The Balaban J connectivity index is 1.33. The summed E-state index contributed by atoms with van der Waals surface area (Å²) in [7, 11) is 0. The summed E-state index contributed by atoms with van der Waals surface area (Å²) in [5, 5.41) is 4.84. The Hall–Kier alpha value is -3.89. The summed E-state index contributed by atoms with van der Waals surface area (Å²) < 4.78 is 45.1. The van der Waals surface area contributed by atoms with E-state index in [-0.39, 0.29) is 17.3 Å². The van der Waals surface area contributed by atoms with Crippen molar-refractivity contribution in [2.24, 2.45) is 0 Å². The number of amides is 2. The van der Waals surface area contributed by atoms with Crippen LogP contribution in [0.3, 0.4) is 0 Å². The molecule has 0 spiro atoms. The minimum Gasteiger partial charge on any atom is -0.457 e. The van der Waals surface area contributed by atoms with Crippen LogP contribution in [-0.4, -0.2) is 47.9 Å². The molecule has 1 aromatic heterocycles. The molecule has 1 aliphatic rings. The van der Waals surface area contributed by atoms with Crippen molar-refractivity contribution in [3.05, 3.63) is 88.7 Å². The first-order chi connectivity index (χ1) is 19.2. The molecule has 1 fully saturated rings. The number of carbonyl (C=O) groups is 2. The fourth-order valence-corrected chi connectivity index (χ4v) is 4.42. The van der Waals surface area contributed by atoms with Crippen LogP contribution >= 0.6 is 11.6 Å². The Labute approximate surface area is 235 Å². The number of nitrogens with one attached hydrogen (secondary N) is 2. The maximum Gasteiger partial charge on any atom is 0.417 e. The van der Waals surface area contributed by atoms with Crippen LogP contribution in [-0.2, 0) is 11.0 Å². The number of pyridine rings is 1. The Morgan fingerprint density at radius 1 is 1.02 bits per heavy atom. The fourth-order valence-electron chi connectivity index (χ4n) is 4.19. The lowest BCUT2D eigenvalue weighted by molar-refractivity contribution is -0.137. The lowest BCUT2D eigenvalue weighted by atomic mass is 10.1. The summed E-state index contributed by atoms with van der Waals surface area (Å²) >= 11 is 5.62. The van der Waals surface area contributed by atoms with E-state index >= 15 is 0 Å². The van der Waals surface area contributed by atoms with Gasteiger partial charge >= 0.3 is 6.18 Å². The molecule has 210 valence electrons. The molecule has 1 aliphatic heterocycles. The second-order valence-electron chi connectivity index (χ2n) is 9.22. The number of benzene rings is 2. The third-order valence-corrected chi connectivity index (χ3v) is 6.52. The van der Waals surface area contributed by atoms with Gasteiger partial charge in [0.2, 0.25) is 5.91 Å². The van der Waals surface area contributed by atoms with E-state index in [4.69, 9.17) is 16.3 Å². The summed E-state index contributed by atoms with van der Waals surface area (Å²) in [4.78, 5) is 31.3. The minimum atomic E-state index is -4.64. The molecule has 2 aromatic carbocycles. The van der Waals surface area contributed by atoms with Gasteiger partial charge < -0.3 is 20.3 Å². The summed E-state index contributed by atoms with van der Waals surface area (Å²) in [6.45, 7) is 3.45. The first-order valence-corrected chi connectivity index (χ1v) is 13.2. The van der Waals surface area contributed by atoms with Crippen LogP contribution in [0.4, 0.5) is 18.9 Å². The van der Waals surface area contributed by atoms with Crippen LogP contribution in [0.25, 0.3) is 6.08 Å². The van der Waals surface area contributed by atoms with Crippen molar-refractivity contribution in [2.45, 2.75) is 25.4 Å². The summed E-state index contributed by atoms with van der Waals surface area (Å²) in [5.41, 5.74) is -0.216. The number of piperidine rings is 1. The van der Waals surface area contributed by atoms with E-state index in [1.54, 1.807) is 36.4 Å². The van der Waals surface area contributed by atoms with Crippen molar-refractivity contribution in [3.8, 4) is 11.5 Å². The Kier molecular flexibility index (Phi) is 9.79. The summed E-state index contributed by atoms with van der Waals surface area (Å²) in [6, 6.07) is 13.2. The van der Waals surface area contributed by atoms with Crippen LogP contribution in [0.5, 0.6) is 11.5 Å². The fraction of sp³-hybridized carbons (Fsp3) is 0.276. The number of hydrogen-bond donors (Lipinski definition) is 2. The van der Waals surface area contributed by atoms with Gasteiger partial charge in [0.25, 0.3) is 5.91 Å². The number of carbonyl (C=O) groups excluding carboxylic acids is 2. The van der Waals surface area contributed by atoms with Gasteiger partial charge in [-0.05, 0) is 74.0 Å². The first-order valence-electron chi connectivity index (χ1n) is 12.8. The number of likely N-dealkylation sites (tertiary alicyclic amines) is 1. The molecule has 0 bridgehead atoms. The normalized spacial score (nSPS) is 14.2. The number of alkyl halides is 3. The SMILES string of the molecule is O=C(/C=C/c1cccc(Oc2ccnc(C(=O)NCCN3CCCCC3)c2)c1)Nc1ccc(Cl)c(C(F)(F)F)c1. The molecule has 2 amide bonds. The number of nitrogens with zero attached hydrogens (tertiary/aromatic N) is 2. The van der Waals surface area contributed by atoms with Crippen molar-refractivity contribution in [1.82, 2.24) is 15.2 Å². The average Bonchev–Trinajstić information content (AvgIpc) is 2.93. The first kappa shape index (κ1) is 29.1. The lowest BCUT2D eigenvalue weighted by Crippen LogP contribution is -2.37. The van der Waals surface area contributed by atoms with Gasteiger partial charge in [0.1, 0.15) is 17.2 Å². The number of ether oxygens (including phenoxy) is 1. The molecular formula is C29H28ClF3N4O3. The Morgan fingerprint density at radius 2 is 1.80 bits per heavy atom. The predicted molar refractivity (Wildman–Crippen MR) is 147 cm³/mol. The molecule has 7 nitrogen and oxygen atoms in total. The van der Waals surface area contributed by atoms with Crippen LogP contribution < -0.4 is 15.4 Å². The number of halogens is 4. The molecule has 11 heteroatoms. The second kappa shape index (κ2) is 13.5. The van der Waals surface area contributed by atoms with E-state index in [1.807, 2.05) is 0 Å². The zero-order valence-electron chi connectivity index (χ0n) is 21.5. The zero-order valence-corrected chi connectivity index (χ0v) is 22.3. The van der Waals surface area contributed by atoms with Gasteiger partial charge in [-0.25, -0.2) is 0 Å². The van der Waals surface area contributed by atoms with Gasteiger partial charge in [-0.1, -0.05) is 30.2 Å². The van der Waals surface area contributed by atoms with Gasteiger partial charge in [0, 0.05) is 37.1 Å². The highest BCUT2D eigenvalue weighted by molar-refractivity contribution is 6.31. The monoisotopic (exact) mass is 572 g/mol. The van der Waals surface area contributed by atoms with Crippen molar-refractivity contribution in [2.75, 3.05) is 31.5 Å². The van der Waals surface area contributed by atoms with Crippen LogP contribution in [0.2, 0.25) is 5.02 Å². The highest BCUT2D eigenvalue weighted by Gasteiger charge is 2.33. The van der Waals surface area contributed by atoms with E-state index in [1.165, 1.54) is 43.7 Å². The largest absolute Gasteiger partial charge is 0.457 e. The molecule has 0 radical (unpaired) electrons. The molecule has 40 heavy (non-hydrogen) atoms. The lowest BCUT2D eigenvalue weighted by Gasteiger charge is -2.26. The van der Waals surface area contributed by atoms with E-state index < -0.39 is 22.7 Å². The number of rotatable bonds is 9. The molecule has 3 aromatic rings. The number of anilines is 1. The smallest absolute Gasteiger partial charge is 0.417 e. The molecule has 0 aliphatic carbocycles. The molecular weight excluding hydrogens is 545 g/mol. The highest BCUT2D eigenvalue weighted by atomic mass is 35.5. The van der Waals surface area contributed by atoms with E-state index in [2.05, 4.69) is 20.5 Å².